The Labute approximate surface area is 197 Å². The van der Waals surface area contributed by atoms with E-state index in [1.54, 1.807) is 18.2 Å². The van der Waals surface area contributed by atoms with Crippen LogP contribution in [0.5, 0.6) is 5.75 Å². The molecular formula is C24H29ClO8. The lowest BCUT2D eigenvalue weighted by Gasteiger charge is -2.31. The first-order valence-electron chi connectivity index (χ1n) is 10.9. The van der Waals surface area contributed by atoms with Crippen LogP contribution in [0.25, 0.3) is 0 Å². The molecule has 9 heteroatoms. The number of halogens is 1. The SMILES string of the molecule is COC1(c2ccc(Cl)c(Cc3ccc(OC4CCOC4)cc3)c2)O[C@H]([C@H](O)CO)[C@H](O)[C@H]1O. The summed E-state index contributed by atoms with van der Waals surface area (Å²) in [6, 6.07) is 12.8. The van der Waals surface area contributed by atoms with Crippen LogP contribution in [0.2, 0.25) is 5.02 Å². The van der Waals surface area contributed by atoms with Crippen LogP contribution in [-0.4, -0.2) is 77.9 Å². The first-order valence-corrected chi connectivity index (χ1v) is 11.3. The Balaban J connectivity index is 1.55. The van der Waals surface area contributed by atoms with E-state index in [2.05, 4.69) is 0 Å². The molecule has 4 rings (SSSR count). The van der Waals surface area contributed by atoms with Crippen molar-refractivity contribution in [2.75, 3.05) is 26.9 Å². The molecule has 8 nitrogen and oxygen atoms in total. The summed E-state index contributed by atoms with van der Waals surface area (Å²) in [6.45, 7) is 0.688. The molecule has 0 aromatic heterocycles. The van der Waals surface area contributed by atoms with Gasteiger partial charge < -0.3 is 39.4 Å². The smallest absolute Gasteiger partial charge is 0.224 e. The summed E-state index contributed by atoms with van der Waals surface area (Å²) in [5, 5.41) is 40.9. The molecule has 2 heterocycles. The molecule has 180 valence electrons. The third-order valence-electron chi connectivity index (χ3n) is 6.19. The largest absolute Gasteiger partial charge is 0.488 e. The summed E-state index contributed by atoms with van der Waals surface area (Å²) in [5.74, 6) is -0.946. The van der Waals surface area contributed by atoms with Crippen molar-refractivity contribution in [3.05, 3.63) is 64.2 Å². The number of hydrogen-bond donors (Lipinski definition) is 4. The van der Waals surface area contributed by atoms with Crippen molar-refractivity contribution in [3.8, 4) is 5.75 Å². The molecule has 0 aliphatic carbocycles. The van der Waals surface area contributed by atoms with Crippen molar-refractivity contribution >= 4 is 11.6 Å². The summed E-state index contributed by atoms with van der Waals surface area (Å²) in [4.78, 5) is 0. The number of aliphatic hydroxyl groups excluding tert-OH is 4. The van der Waals surface area contributed by atoms with E-state index in [0.29, 0.717) is 23.6 Å². The van der Waals surface area contributed by atoms with Crippen molar-refractivity contribution in [3.63, 3.8) is 0 Å². The number of hydrogen-bond acceptors (Lipinski definition) is 8. The van der Waals surface area contributed by atoms with Gasteiger partial charge in [-0.25, -0.2) is 0 Å². The number of rotatable bonds is 8. The van der Waals surface area contributed by atoms with Crippen molar-refractivity contribution in [1.82, 2.24) is 0 Å². The molecule has 2 aliphatic heterocycles. The Morgan fingerprint density at radius 1 is 1.18 bits per heavy atom. The number of methoxy groups -OCH3 is 1. The van der Waals surface area contributed by atoms with Crippen LogP contribution in [-0.2, 0) is 26.4 Å². The van der Waals surface area contributed by atoms with Gasteiger partial charge in [0.25, 0.3) is 0 Å². The minimum atomic E-state index is -1.72. The summed E-state index contributed by atoms with van der Waals surface area (Å²) in [5.41, 5.74) is 2.20. The molecule has 6 atom stereocenters. The minimum absolute atomic E-state index is 0.0774. The maximum Gasteiger partial charge on any atom is 0.224 e. The molecule has 2 aromatic rings. The van der Waals surface area contributed by atoms with E-state index < -0.39 is 36.8 Å². The Morgan fingerprint density at radius 2 is 1.94 bits per heavy atom. The average molecular weight is 481 g/mol. The van der Waals surface area contributed by atoms with Gasteiger partial charge in [0.05, 0.1) is 19.8 Å². The van der Waals surface area contributed by atoms with Crippen LogP contribution in [0.3, 0.4) is 0 Å². The van der Waals surface area contributed by atoms with Gasteiger partial charge in [0.1, 0.15) is 36.3 Å². The maximum absolute atomic E-state index is 10.7. The molecule has 2 unspecified atom stereocenters. The lowest BCUT2D eigenvalue weighted by Crippen LogP contribution is -2.43. The Bertz CT molecular complexity index is 933. The van der Waals surface area contributed by atoms with E-state index in [-0.39, 0.29) is 6.10 Å². The zero-order valence-corrected chi connectivity index (χ0v) is 19.0. The second-order valence-electron chi connectivity index (χ2n) is 8.37. The normalized spacial score (nSPS) is 30.5. The second-order valence-corrected chi connectivity index (χ2v) is 8.78. The highest BCUT2D eigenvalue weighted by molar-refractivity contribution is 6.31. The van der Waals surface area contributed by atoms with E-state index in [0.717, 1.165) is 29.9 Å². The molecule has 2 aromatic carbocycles. The van der Waals surface area contributed by atoms with E-state index >= 15 is 0 Å². The summed E-state index contributed by atoms with van der Waals surface area (Å²) >= 11 is 6.45. The first-order chi connectivity index (χ1) is 15.9. The van der Waals surface area contributed by atoms with Crippen molar-refractivity contribution in [2.45, 2.75) is 49.1 Å². The molecule has 2 aliphatic rings. The van der Waals surface area contributed by atoms with Crippen LogP contribution in [0, 0.1) is 0 Å². The predicted octanol–water partition coefficient (Wildman–Crippen LogP) is 1.37. The lowest BCUT2D eigenvalue weighted by molar-refractivity contribution is -0.263. The molecule has 33 heavy (non-hydrogen) atoms. The lowest BCUT2D eigenvalue weighted by atomic mass is 9.94. The molecular weight excluding hydrogens is 452 g/mol. The van der Waals surface area contributed by atoms with E-state index in [9.17, 15) is 20.4 Å². The van der Waals surface area contributed by atoms with Gasteiger partial charge in [-0.1, -0.05) is 29.8 Å². The van der Waals surface area contributed by atoms with Crippen LogP contribution in [0.1, 0.15) is 23.1 Å². The zero-order chi connectivity index (χ0) is 23.6. The van der Waals surface area contributed by atoms with Gasteiger partial charge >= 0.3 is 0 Å². The fraction of sp³-hybridized carbons (Fsp3) is 0.500. The van der Waals surface area contributed by atoms with E-state index in [1.807, 2.05) is 24.3 Å². The van der Waals surface area contributed by atoms with E-state index in [4.69, 9.17) is 30.5 Å². The van der Waals surface area contributed by atoms with Gasteiger partial charge in [-0.15, -0.1) is 0 Å². The third kappa shape index (κ3) is 4.89. The molecule has 0 bridgehead atoms. The van der Waals surface area contributed by atoms with Crippen molar-refractivity contribution < 1.29 is 39.4 Å². The maximum atomic E-state index is 10.7. The fourth-order valence-corrected chi connectivity index (χ4v) is 4.50. The van der Waals surface area contributed by atoms with Gasteiger partial charge in [0.15, 0.2) is 0 Å². The van der Waals surface area contributed by atoms with Crippen molar-refractivity contribution in [2.24, 2.45) is 0 Å². The van der Waals surface area contributed by atoms with Crippen molar-refractivity contribution in [1.29, 1.82) is 0 Å². The average Bonchev–Trinajstić information content (AvgIpc) is 3.43. The zero-order valence-electron chi connectivity index (χ0n) is 18.3. The van der Waals surface area contributed by atoms with E-state index in [1.165, 1.54) is 7.11 Å². The van der Waals surface area contributed by atoms with Gasteiger partial charge in [-0.2, -0.15) is 0 Å². The highest BCUT2D eigenvalue weighted by Gasteiger charge is 2.57. The van der Waals surface area contributed by atoms with Gasteiger partial charge in [-0.3, -0.25) is 0 Å². The summed E-state index contributed by atoms with van der Waals surface area (Å²) in [6.07, 6.45) is -4.08. The number of benzene rings is 2. The predicted molar refractivity (Wildman–Crippen MR) is 119 cm³/mol. The Morgan fingerprint density at radius 3 is 2.58 bits per heavy atom. The monoisotopic (exact) mass is 480 g/mol. The first kappa shape index (κ1) is 24.4. The highest BCUT2D eigenvalue weighted by atomic mass is 35.5. The number of aliphatic hydroxyl groups is 4. The van der Waals surface area contributed by atoms with Crippen LogP contribution in [0.4, 0.5) is 0 Å². The third-order valence-corrected chi connectivity index (χ3v) is 6.56. The fourth-order valence-electron chi connectivity index (χ4n) is 4.31. The quantitative estimate of drug-likeness (QED) is 0.447. The van der Waals surface area contributed by atoms with Gasteiger partial charge in [0.2, 0.25) is 5.79 Å². The van der Waals surface area contributed by atoms with Gasteiger partial charge in [0, 0.05) is 24.1 Å². The van der Waals surface area contributed by atoms with Gasteiger partial charge in [-0.05, 0) is 41.8 Å². The second kappa shape index (κ2) is 10.2. The molecule has 0 radical (unpaired) electrons. The molecule has 0 amide bonds. The molecule has 0 spiro atoms. The summed E-state index contributed by atoms with van der Waals surface area (Å²) < 4.78 is 22.5. The van der Waals surface area contributed by atoms with Crippen LogP contribution >= 0.6 is 11.6 Å². The number of ether oxygens (including phenoxy) is 4. The molecule has 2 saturated heterocycles. The molecule has 0 saturated carbocycles. The molecule has 4 N–H and O–H groups in total. The Kier molecular flexibility index (Phi) is 7.57. The minimum Gasteiger partial charge on any atom is -0.488 e. The van der Waals surface area contributed by atoms with Crippen LogP contribution < -0.4 is 4.74 Å². The standard InChI is InChI=1S/C24H29ClO8/c1-30-24(23(29)21(28)22(33-24)20(27)12-26)16-4-7-19(25)15(11-16)10-14-2-5-17(6-3-14)32-18-8-9-31-13-18/h2-7,11,18,20-23,26-29H,8-10,12-13H2,1H3/t18?,20-,21+,22-,23-,24?/m1/s1. The highest BCUT2D eigenvalue weighted by Crippen LogP contribution is 2.42. The van der Waals surface area contributed by atoms with Crippen LogP contribution in [0.15, 0.2) is 42.5 Å². The topological polar surface area (TPSA) is 118 Å². The Hall–Kier alpha value is -1.75. The summed E-state index contributed by atoms with van der Waals surface area (Å²) in [7, 11) is 1.34. The molecule has 2 fully saturated rings.